The van der Waals surface area contributed by atoms with E-state index in [1.165, 1.54) is 6.42 Å². The number of carbonyl (C=O) groups is 1. The Morgan fingerprint density at radius 1 is 1.52 bits per heavy atom. The number of rotatable bonds is 5. The highest BCUT2D eigenvalue weighted by molar-refractivity contribution is 6.32. The van der Waals surface area contributed by atoms with Crippen LogP contribution in [0.4, 0.5) is 5.69 Å². The highest BCUT2D eigenvalue weighted by atomic mass is 35.5. The molecule has 5 heteroatoms. The second kappa shape index (κ2) is 7.55. The number of ether oxygens (including phenoxy) is 1. The van der Waals surface area contributed by atoms with Gasteiger partial charge in [0.15, 0.2) is 0 Å². The van der Waals surface area contributed by atoms with E-state index in [-0.39, 0.29) is 5.91 Å². The molecule has 0 bridgehead atoms. The number of likely N-dealkylation sites (tertiary alicyclic amines) is 1. The third-order valence-corrected chi connectivity index (χ3v) is 4.12. The number of nitrogens with one attached hydrogen (secondary N) is 1. The van der Waals surface area contributed by atoms with Crippen molar-refractivity contribution in [2.45, 2.75) is 26.2 Å². The number of amides is 1. The van der Waals surface area contributed by atoms with E-state index in [4.69, 9.17) is 16.3 Å². The van der Waals surface area contributed by atoms with Crippen molar-refractivity contribution in [2.75, 3.05) is 32.1 Å². The lowest BCUT2D eigenvalue weighted by Gasteiger charge is -2.31. The number of benzene rings is 1. The van der Waals surface area contributed by atoms with E-state index in [1.807, 2.05) is 23.1 Å². The molecule has 2 rings (SSSR count). The first kappa shape index (κ1) is 16.0. The van der Waals surface area contributed by atoms with Gasteiger partial charge in [0.05, 0.1) is 12.1 Å². The van der Waals surface area contributed by atoms with E-state index >= 15 is 0 Å². The summed E-state index contributed by atoms with van der Waals surface area (Å²) in [6.45, 7) is 4.62. The van der Waals surface area contributed by atoms with Gasteiger partial charge in [-0.25, -0.2) is 0 Å². The van der Waals surface area contributed by atoms with Gasteiger partial charge in [-0.2, -0.15) is 0 Å². The summed E-state index contributed by atoms with van der Waals surface area (Å²) in [6.07, 6.45) is 2.86. The van der Waals surface area contributed by atoms with Crippen molar-refractivity contribution in [1.82, 2.24) is 4.90 Å². The minimum atomic E-state index is 0.230. The fourth-order valence-corrected chi connectivity index (χ4v) is 2.92. The predicted molar refractivity (Wildman–Crippen MR) is 86.1 cm³/mol. The number of piperidine rings is 1. The molecule has 0 radical (unpaired) electrons. The van der Waals surface area contributed by atoms with Gasteiger partial charge in [0.25, 0.3) is 0 Å². The van der Waals surface area contributed by atoms with E-state index < -0.39 is 0 Å². The quantitative estimate of drug-likeness (QED) is 0.906. The first-order valence-corrected chi connectivity index (χ1v) is 7.83. The molecule has 116 valence electrons. The van der Waals surface area contributed by atoms with Crippen LogP contribution in [0.15, 0.2) is 18.2 Å². The molecule has 1 unspecified atom stereocenters. The maximum Gasteiger partial charge on any atom is 0.224 e. The minimum absolute atomic E-state index is 0.230. The molecule has 0 spiro atoms. The Morgan fingerprint density at radius 3 is 3.00 bits per heavy atom. The zero-order chi connectivity index (χ0) is 15.2. The Balaban J connectivity index is 1.78. The molecule has 21 heavy (non-hydrogen) atoms. The summed E-state index contributed by atoms with van der Waals surface area (Å²) in [5.74, 6) is 1.50. The standard InChI is InChI=1S/C16H23ClN2O2/c1-12-4-3-9-19(11-12)16(20)7-8-18-13-5-6-15(21-2)14(17)10-13/h5-6,10,12,18H,3-4,7-9,11H2,1-2H3. The van der Waals surface area contributed by atoms with Crippen molar-refractivity contribution in [2.24, 2.45) is 5.92 Å². The fraction of sp³-hybridized carbons (Fsp3) is 0.562. The molecular formula is C16H23ClN2O2. The molecular weight excluding hydrogens is 288 g/mol. The van der Waals surface area contributed by atoms with Crippen molar-refractivity contribution in [3.05, 3.63) is 23.2 Å². The lowest BCUT2D eigenvalue weighted by Crippen LogP contribution is -2.39. The molecule has 4 nitrogen and oxygen atoms in total. The van der Waals surface area contributed by atoms with Gasteiger partial charge >= 0.3 is 0 Å². The number of methoxy groups -OCH3 is 1. The topological polar surface area (TPSA) is 41.6 Å². The molecule has 1 fully saturated rings. The zero-order valence-electron chi connectivity index (χ0n) is 12.7. The van der Waals surface area contributed by atoms with Gasteiger partial charge in [0, 0.05) is 31.7 Å². The van der Waals surface area contributed by atoms with Crippen LogP contribution in [-0.4, -0.2) is 37.6 Å². The SMILES string of the molecule is COc1ccc(NCCC(=O)N2CCCC(C)C2)cc1Cl. The number of hydrogen-bond donors (Lipinski definition) is 1. The van der Waals surface area contributed by atoms with Crippen LogP contribution in [0.25, 0.3) is 0 Å². The second-order valence-electron chi connectivity index (χ2n) is 5.61. The minimum Gasteiger partial charge on any atom is -0.495 e. The highest BCUT2D eigenvalue weighted by Crippen LogP contribution is 2.27. The molecule has 1 aromatic rings. The summed E-state index contributed by atoms with van der Waals surface area (Å²) in [6, 6.07) is 5.53. The molecule has 0 saturated carbocycles. The monoisotopic (exact) mass is 310 g/mol. The van der Waals surface area contributed by atoms with Crippen molar-refractivity contribution in [3.8, 4) is 5.75 Å². The van der Waals surface area contributed by atoms with E-state index in [0.717, 1.165) is 25.2 Å². The molecule has 1 N–H and O–H groups in total. The van der Waals surface area contributed by atoms with Gasteiger partial charge in [-0.15, -0.1) is 0 Å². The van der Waals surface area contributed by atoms with E-state index in [2.05, 4.69) is 12.2 Å². The van der Waals surface area contributed by atoms with Crippen LogP contribution in [0.3, 0.4) is 0 Å². The first-order valence-electron chi connectivity index (χ1n) is 7.45. The van der Waals surface area contributed by atoms with Gasteiger partial charge in [-0.3, -0.25) is 4.79 Å². The molecule has 1 aromatic carbocycles. The molecule has 0 aromatic heterocycles. The molecule has 1 atom stereocenters. The van der Waals surface area contributed by atoms with Crippen LogP contribution in [0, 0.1) is 5.92 Å². The molecule has 1 aliphatic heterocycles. The Hall–Kier alpha value is -1.42. The Morgan fingerprint density at radius 2 is 2.33 bits per heavy atom. The van der Waals surface area contributed by atoms with Gasteiger partial charge in [-0.05, 0) is 37.0 Å². The highest BCUT2D eigenvalue weighted by Gasteiger charge is 2.20. The smallest absolute Gasteiger partial charge is 0.224 e. The number of halogens is 1. The average Bonchev–Trinajstić information content (AvgIpc) is 2.47. The van der Waals surface area contributed by atoms with Crippen LogP contribution in [0.1, 0.15) is 26.2 Å². The van der Waals surface area contributed by atoms with Crippen molar-refractivity contribution in [3.63, 3.8) is 0 Å². The normalized spacial score (nSPS) is 18.4. The van der Waals surface area contributed by atoms with Gasteiger partial charge in [-0.1, -0.05) is 18.5 Å². The fourth-order valence-electron chi connectivity index (χ4n) is 2.66. The summed E-state index contributed by atoms with van der Waals surface area (Å²) in [4.78, 5) is 14.1. The molecule has 1 aliphatic rings. The number of carbonyl (C=O) groups excluding carboxylic acids is 1. The largest absolute Gasteiger partial charge is 0.495 e. The third-order valence-electron chi connectivity index (χ3n) is 3.83. The summed E-state index contributed by atoms with van der Waals surface area (Å²) < 4.78 is 5.11. The van der Waals surface area contributed by atoms with Crippen LogP contribution >= 0.6 is 11.6 Å². The van der Waals surface area contributed by atoms with Gasteiger partial charge in [0.2, 0.25) is 5.91 Å². The summed E-state index contributed by atoms with van der Waals surface area (Å²) in [5.41, 5.74) is 0.903. The van der Waals surface area contributed by atoms with E-state index in [1.54, 1.807) is 7.11 Å². The maximum atomic E-state index is 12.1. The summed E-state index contributed by atoms with van der Waals surface area (Å²) in [5, 5.41) is 3.80. The van der Waals surface area contributed by atoms with Crippen LogP contribution in [0.2, 0.25) is 5.02 Å². The summed E-state index contributed by atoms with van der Waals surface area (Å²) in [7, 11) is 1.59. The van der Waals surface area contributed by atoms with Gasteiger partial charge in [0.1, 0.15) is 5.75 Å². The molecule has 0 aliphatic carbocycles. The number of anilines is 1. The Kier molecular flexibility index (Phi) is 5.74. The zero-order valence-corrected chi connectivity index (χ0v) is 13.4. The van der Waals surface area contributed by atoms with Crippen molar-refractivity contribution < 1.29 is 9.53 Å². The third kappa shape index (κ3) is 4.53. The lowest BCUT2D eigenvalue weighted by molar-refractivity contribution is -0.132. The maximum absolute atomic E-state index is 12.1. The van der Waals surface area contributed by atoms with Gasteiger partial charge < -0.3 is 15.0 Å². The van der Waals surface area contributed by atoms with E-state index in [0.29, 0.717) is 29.7 Å². The van der Waals surface area contributed by atoms with Crippen LogP contribution in [-0.2, 0) is 4.79 Å². The number of nitrogens with zero attached hydrogens (tertiary/aromatic N) is 1. The van der Waals surface area contributed by atoms with Crippen LogP contribution in [0.5, 0.6) is 5.75 Å². The Labute approximate surface area is 131 Å². The average molecular weight is 311 g/mol. The second-order valence-corrected chi connectivity index (χ2v) is 6.02. The lowest BCUT2D eigenvalue weighted by atomic mass is 10.00. The Bertz CT molecular complexity index is 493. The predicted octanol–water partition coefficient (Wildman–Crippen LogP) is 3.41. The number of hydrogen-bond acceptors (Lipinski definition) is 3. The van der Waals surface area contributed by atoms with Crippen LogP contribution < -0.4 is 10.1 Å². The molecule has 1 saturated heterocycles. The molecule has 1 amide bonds. The first-order chi connectivity index (χ1) is 10.1. The van der Waals surface area contributed by atoms with Crippen molar-refractivity contribution >= 4 is 23.2 Å². The molecule has 1 heterocycles. The van der Waals surface area contributed by atoms with Crippen molar-refractivity contribution in [1.29, 1.82) is 0 Å². The van der Waals surface area contributed by atoms with E-state index in [9.17, 15) is 4.79 Å². The summed E-state index contributed by atoms with van der Waals surface area (Å²) >= 11 is 6.07.